The molecule has 6 heteroatoms. The number of methoxy groups -OCH3 is 1. The lowest BCUT2D eigenvalue weighted by Gasteiger charge is -2.10. The Morgan fingerprint density at radius 1 is 0.767 bits per heavy atom. The van der Waals surface area contributed by atoms with E-state index in [0.717, 1.165) is 28.5 Å². The summed E-state index contributed by atoms with van der Waals surface area (Å²) in [5.74, 6) is 3.68. The number of hydrogen-bond donors (Lipinski definition) is 2. The summed E-state index contributed by atoms with van der Waals surface area (Å²) in [7, 11) is 1.66. The van der Waals surface area contributed by atoms with E-state index in [4.69, 9.17) is 9.47 Å². The van der Waals surface area contributed by atoms with Gasteiger partial charge in [0.15, 0.2) is 0 Å². The van der Waals surface area contributed by atoms with Crippen LogP contribution in [0.2, 0.25) is 0 Å². The zero-order valence-electron chi connectivity index (χ0n) is 16.6. The summed E-state index contributed by atoms with van der Waals surface area (Å²) < 4.78 is 11.0. The molecule has 1 aromatic heterocycles. The fraction of sp³-hybridized carbons (Fsp3) is 0.0833. The van der Waals surface area contributed by atoms with Crippen molar-refractivity contribution in [2.45, 2.75) is 6.54 Å². The largest absolute Gasteiger partial charge is 0.497 e. The molecule has 1 heterocycles. The highest BCUT2D eigenvalue weighted by molar-refractivity contribution is 5.58. The summed E-state index contributed by atoms with van der Waals surface area (Å²) in [6.07, 6.45) is 1.72. The van der Waals surface area contributed by atoms with Crippen LogP contribution in [0.15, 0.2) is 91.1 Å². The summed E-state index contributed by atoms with van der Waals surface area (Å²) in [4.78, 5) is 8.80. The molecule has 0 aliphatic rings. The zero-order chi connectivity index (χ0) is 20.6. The summed E-state index contributed by atoms with van der Waals surface area (Å²) in [5, 5.41) is 6.52. The number of hydrogen-bond acceptors (Lipinski definition) is 6. The van der Waals surface area contributed by atoms with Gasteiger partial charge in [-0.2, -0.15) is 4.98 Å². The van der Waals surface area contributed by atoms with Gasteiger partial charge < -0.3 is 20.1 Å². The molecule has 0 fully saturated rings. The highest BCUT2D eigenvalue weighted by Gasteiger charge is 2.02. The van der Waals surface area contributed by atoms with Crippen LogP contribution in [0.4, 0.5) is 17.5 Å². The highest BCUT2D eigenvalue weighted by atomic mass is 16.5. The minimum atomic E-state index is 0.555. The number of benzene rings is 3. The molecular weight excluding hydrogens is 376 g/mol. The van der Waals surface area contributed by atoms with E-state index in [1.807, 2.05) is 84.9 Å². The lowest BCUT2D eigenvalue weighted by atomic mass is 10.2. The van der Waals surface area contributed by atoms with Crippen molar-refractivity contribution in [3.05, 3.63) is 96.7 Å². The molecule has 0 amide bonds. The summed E-state index contributed by atoms with van der Waals surface area (Å²) >= 11 is 0. The first-order valence-electron chi connectivity index (χ1n) is 9.58. The number of rotatable bonds is 8. The first-order chi connectivity index (χ1) is 14.8. The fourth-order valence-corrected chi connectivity index (χ4v) is 2.82. The van der Waals surface area contributed by atoms with Crippen LogP contribution in [-0.4, -0.2) is 17.1 Å². The molecule has 0 unspecified atom stereocenters. The Morgan fingerprint density at radius 3 is 2.20 bits per heavy atom. The Labute approximate surface area is 175 Å². The first kappa shape index (κ1) is 19.3. The van der Waals surface area contributed by atoms with Crippen LogP contribution in [-0.2, 0) is 6.54 Å². The van der Waals surface area contributed by atoms with Crippen LogP contribution in [0.1, 0.15) is 5.56 Å². The maximum absolute atomic E-state index is 5.82. The molecule has 0 aliphatic carbocycles. The Morgan fingerprint density at radius 2 is 1.47 bits per heavy atom. The Balaban J connectivity index is 1.35. The van der Waals surface area contributed by atoms with Crippen LogP contribution in [0.5, 0.6) is 17.2 Å². The first-order valence-corrected chi connectivity index (χ1v) is 9.58. The lowest BCUT2D eigenvalue weighted by Crippen LogP contribution is -2.05. The van der Waals surface area contributed by atoms with Gasteiger partial charge >= 0.3 is 0 Å². The Bertz CT molecular complexity index is 1070. The average Bonchev–Trinajstić information content (AvgIpc) is 2.80. The van der Waals surface area contributed by atoms with Crippen LogP contribution >= 0.6 is 0 Å². The van der Waals surface area contributed by atoms with Crippen molar-refractivity contribution in [3.63, 3.8) is 0 Å². The second-order valence-corrected chi connectivity index (χ2v) is 6.53. The molecule has 0 bridgehead atoms. The predicted octanol–water partition coefficient (Wildman–Crippen LogP) is 5.63. The van der Waals surface area contributed by atoms with Crippen LogP contribution in [0.3, 0.4) is 0 Å². The van der Waals surface area contributed by atoms with Crippen molar-refractivity contribution in [1.82, 2.24) is 9.97 Å². The number of nitrogens with zero attached hydrogens (tertiary/aromatic N) is 2. The highest BCUT2D eigenvalue weighted by Crippen LogP contribution is 2.24. The van der Waals surface area contributed by atoms with Crippen molar-refractivity contribution in [1.29, 1.82) is 0 Å². The van der Waals surface area contributed by atoms with Gasteiger partial charge in [-0.15, -0.1) is 0 Å². The van der Waals surface area contributed by atoms with Crippen molar-refractivity contribution in [2.75, 3.05) is 17.7 Å². The monoisotopic (exact) mass is 398 g/mol. The van der Waals surface area contributed by atoms with E-state index >= 15 is 0 Å². The minimum Gasteiger partial charge on any atom is -0.497 e. The smallest absolute Gasteiger partial charge is 0.224 e. The van der Waals surface area contributed by atoms with E-state index in [9.17, 15) is 0 Å². The number of anilines is 3. The molecule has 0 spiro atoms. The molecular formula is C24H22N4O2. The topological polar surface area (TPSA) is 68.3 Å². The predicted molar refractivity (Wildman–Crippen MR) is 119 cm³/mol. The van der Waals surface area contributed by atoms with Gasteiger partial charge in [-0.25, -0.2) is 4.98 Å². The average molecular weight is 398 g/mol. The third-order valence-electron chi connectivity index (χ3n) is 4.37. The molecule has 4 aromatic rings. The standard InChI is InChI=1S/C24H22N4O2/c1-29-20-11-7-18(8-12-20)17-26-24-25-16-15-23(28-24)27-19-9-13-22(14-10-19)30-21-5-3-2-4-6-21/h2-16H,17H2,1H3,(H2,25,26,27,28). The maximum atomic E-state index is 5.82. The SMILES string of the molecule is COc1ccc(CNc2nccc(Nc3ccc(Oc4ccccc4)cc3)n2)cc1. The number of aromatic nitrogens is 2. The molecule has 0 radical (unpaired) electrons. The van der Waals surface area contributed by atoms with Crippen LogP contribution < -0.4 is 20.1 Å². The molecule has 0 aliphatic heterocycles. The van der Waals surface area contributed by atoms with Crippen molar-refractivity contribution in [2.24, 2.45) is 0 Å². The molecule has 2 N–H and O–H groups in total. The van der Waals surface area contributed by atoms with Crippen molar-refractivity contribution in [3.8, 4) is 17.2 Å². The van der Waals surface area contributed by atoms with Gasteiger partial charge in [-0.1, -0.05) is 30.3 Å². The number of para-hydroxylation sites is 1. The number of ether oxygens (including phenoxy) is 2. The second kappa shape index (κ2) is 9.43. The van der Waals surface area contributed by atoms with Crippen molar-refractivity contribution < 1.29 is 9.47 Å². The third kappa shape index (κ3) is 5.26. The van der Waals surface area contributed by atoms with Crippen molar-refractivity contribution >= 4 is 17.5 Å². The number of nitrogens with one attached hydrogen (secondary N) is 2. The summed E-state index contributed by atoms with van der Waals surface area (Å²) in [6.45, 7) is 0.624. The normalized spacial score (nSPS) is 10.3. The van der Waals surface area contributed by atoms with Gasteiger partial charge in [-0.05, 0) is 60.2 Å². The third-order valence-corrected chi connectivity index (χ3v) is 4.37. The van der Waals surface area contributed by atoms with Gasteiger partial charge in [0.2, 0.25) is 5.95 Å². The Hall–Kier alpha value is -4.06. The maximum Gasteiger partial charge on any atom is 0.224 e. The van der Waals surface area contributed by atoms with E-state index in [-0.39, 0.29) is 0 Å². The molecule has 0 saturated heterocycles. The Kier molecular flexibility index (Phi) is 6.05. The van der Waals surface area contributed by atoms with Crippen LogP contribution in [0, 0.1) is 0 Å². The van der Waals surface area contributed by atoms with Gasteiger partial charge in [-0.3, -0.25) is 0 Å². The molecule has 0 atom stereocenters. The van der Waals surface area contributed by atoms with Gasteiger partial charge in [0, 0.05) is 18.4 Å². The molecule has 30 heavy (non-hydrogen) atoms. The van der Waals surface area contributed by atoms with Gasteiger partial charge in [0.05, 0.1) is 7.11 Å². The lowest BCUT2D eigenvalue weighted by molar-refractivity contribution is 0.414. The van der Waals surface area contributed by atoms with E-state index in [1.54, 1.807) is 13.3 Å². The minimum absolute atomic E-state index is 0.555. The van der Waals surface area contributed by atoms with E-state index < -0.39 is 0 Å². The molecule has 150 valence electrons. The van der Waals surface area contributed by atoms with Gasteiger partial charge in [0.25, 0.3) is 0 Å². The molecule has 6 nitrogen and oxygen atoms in total. The molecule has 0 saturated carbocycles. The van der Waals surface area contributed by atoms with E-state index in [1.165, 1.54) is 0 Å². The zero-order valence-corrected chi connectivity index (χ0v) is 16.6. The molecule has 3 aromatic carbocycles. The van der Waals surface area contributed by atoms with Crippen LogP contribution in [0.25, 0.3) is 0 Å². The van der Waals surface area contributed by atoms with E-state index in [0.29, 0.717) is 18.3 Å². The summed E-state index contributed by atoms with van der Waals surface area (Å²) in [6, 6.07) is 27.1. The molecule has 4 rings (SSSR count). The van der Waals surface area contributed by atoms with Gasteiger partial charge in [0.1, 0.15) is 23.1 Å². The quantitative estimate of drug-likeness (QED) is 0.401. The summed E-state index contributed by atoms with van der Waals surface area (Å²) in [5.41, 5.74) is 2.03. The fourth-order valence-electron chi connectivity index (χ4n) is 2.82. The van der Waals surface area contributed by atoms with E-state index in [2.05, 4.69) is 20.6 Å². The second-order valence-electron chi connectivity index (χ2n) is 6.53.